The van der Waals surface area contributed by atoms with Crippen LogP contribution >= 0.6 is 11.8 Å². The van der Waals surface area contributed by atoms with Gasteiger partial charge in [-0.05, 0) is 29.9 Å². The molecule has 0 bridgehead atoms. The van der Waals surface area contributed by atoms with Crippen molar-refractivity contribution in [3.05, 3.63) is 50.5 Å². The molecular formula is C18H20N2O5S. The maximum absolute atomic E-state index is 12.6. The molecule has 1 saturated heterocycles. The van der Waals surface area contributed by atoms with Crippen LogP contribution in [0.3, 0.4) is 0 Å². The summed E-state index contributed by atoms with van der Waals surface area (Å²) in [7, 11) is 0. The van der Waals surface area contributed by atoms with E-state index in [4.69, 9.17) is 4.74 Å². The fraction of sp³-hybridized carbons (Fsp3) is 0.444. The van der Waals surface area contributed by atoms with Gasteiger partial charge in [0.05, 0.1) is 16.9 Å². The van der Waals surface area contributed by atoms with Crippen molar-refractivity contribution in [3.8, 4) is 0 Å². The predicted octanol–water partition coefficient (Wildman–Crippen LogP) is 3.24. The maximum atomic E-state index is 12.6. The van der Waals surface area contributed by atoms with Gasteiger partial charge in [0.25, 0.3) is 5.69 Å². The van der Waals surface area contributed by atoms with Crippen molar-refractivity contribution >= 4 is 29.3 Å². The molecule has 2 heterocycles. The lowest BCUT2D eigenvalue weighted by atomic mass is 9.85. The highest BCUT2D eigenvalue weighted by molar-refractivity contribution is 8.03. The number of β-lactam (4-membered cyclic amide) rings is 1. The maximum Gasteiger partial charge on any atom is 0.356 e. The minimum Gasteiger partial charge on any atom is -0.456 e. The number of carbonyl (C=O) groups is 2. The Bertz CT molecular complexity index is 774. The van der Waals surface area contributed by atoms with Crippen molar-refractivity contribution < 1.29 is 19.2 Å². The number of thioether (sulfide) groups is 1. The van der Waals surface area contributed by atoms with Crippen LogP contribution in [0, 0.1) is 16.0 Å². The van der Waals surface area contributed by atoms with Gasteiger partial charge in [-0.2, -0.15) is 0 Å². The second-order valence-electron chi connectivity index (χ2n) is 6.20. The molecule has 2 atom stereocenters. The third-order valence-electron chi connectivity index (χ3n) is 4.72. The molecular weight excluding hydrogens is 356 g/mol. The summed E-state index contributed by atoms with van der Waals surface area (Å²) in [5.41, 5.74) is 1.02. The topological polar surface area (TPSA) is 89.8 Å². The van der Waals surface area contributed by atoms with Crippen LogP contribution in [0.5, 0.6) is 0 Å². The lowest BCUT2D eigenvalue weighted by molar-refractivity contribution is -0.384. The van der Waals surface area contributed by atoms with E-state index >= 15 is 0 Å². The second kappa shape index (κ2) is 7.49. The van der Waals surface area contributed by atoms with Gasteiger partial charge in [-0.1, -0.05) is 13.8 Å². The Kier molecular flexibility index (Phi) is 5.31. The van der Waals surface area contributed by atoms with Crippen LogP contribution in [0.25, 0.3) is 0 Å². The van der Waals surface area contributed by atoms with E-state index in [2.05, 4.69) is 0 Å². The monoisotopic (exact) mass is 376 g/mol. The summed E-state index contributed by atoms with van der Waals surface area (Å²) >= 11 is 1.57. The molecule has 8 heteroatoms. The van der Waals surface area contributed by atoms with E-state index in [1.807, 2.05) is 13.8 Å². The quantitative estimate of drug-likeness (QED) is 0.314. The molecule has 0 radical (unpaired) electrons. The summed E-state index contributed by atoms with van der Waals surface area (Å²) in [6.45, 7) is 4.00. The van der Waals surface area contributed by atoms with Gasteiger partial charge in [-0.15, -0.1) is 11.8 Å². The van der Waals surface area contributed by atoms with Crippen molar-refractivity contribution in [1.29, 1.82) is 0 Å². The van der Waals surface area contributed by atoms with Crippen LogP contribution in [-0.4, -0.2) is 33.5 Å². The third-order valence-corrected chi connectivity index (χ3v) is 5.72. The van der Waals surface area contributed by atoms with Crippen LogP contribution in [0.4, 0.5) is 5.69 Å². The summed E-state index contributed by atoms with van der Waals surface area (Å²) in [5, 5.41) is 10.7. The molecule has 138 valence electrons. The Morgan fingerprint density at radius 2 is 2.04 bits per heavy atom. The number of esters is 1. The Labute approximate surface area is 155 Å². The molecule has 1 unspecified atom stereocenters. The van der Waals surface area contributed by atoms with Crippen molar-refractivity contribution in [3.63, 3.8) is 0 Å². The minimum absolute atomic E-state index is 0.00788. The van der Waals surface area contributed by atoms with Crippen LogP contribution < -0.4 is 0 Å². The molecule has 0 spiro atoms. The predicted molar refractivity (Wildman–Crippen MR) is 97.1 cm³/mol. The van der Waals surface area contributed by atoms with Gasteiger partial charge in [0.15, 0.2) is 0 Å². The lowest BCUT2D eigenvalue weighted by Crippen LogP contribution is -2.58. The number of amides is 1. The Morgan fingerprint density at radius 3 is 2.62 bits per heavy atom. The highest BCUT2D eigenvalue weighted by Crippen LogP contribution is 2.47. The molecule has 0 N–H and O–H groups in total. The number of ether oxygens (including phenoxy) is 1. The molecule has 26 heavy (non-hydrogen) atoms. The zero-order valence-corrected chi connectivity index (χ0v) is 15.5. The van der Waals surface area contributed by atoms with Crippen molar-refractivity contribution in [2.75, 3.05) is 5.75 Å². The zero-order chi connectivity index (χ0) is 18.8. The van der Waals surface area contributed by atoms with E-state index in [0.717, 1.165) is 17.1 Å². The summed E-state index contributed by atoms with van der Waals surface area (Å²) in [5.74, 6) is 0.290. The highest BCUT2D eigenvalue weighted by atomic mass is 32.2. The molecule has 1 fully saturated rings. The molecule has 0 aliphatic carbocycles. The smallest absolute Gasteiger partial charge is 0.356 e. The van der Waals surface area contributed by atoms with E-state index < -0.39 is 10.9 Å². The van der Waals surface area contributed by atoms with E-state index in [1.54, 1.807) is 28.8 Å². The van der Waals surface area contributed by atoms with E-state index in [1.165, 1.54) is 12.1 Å². The zero-order valence-electron chi connectivity index (χ0n) is 14.6. The van der Waals surface area contributed by atoms with Gasteiger partial charge in [-0.25, -0.2) is 4.79 Å². The largest absolute Gasteiger partial charge is 0.456 e. The number of carbonyl (C=O) groups excluding carboxylic acids is 2. The van der Waals surface area contributed by atoms with E-state index in [-0.39, 0.29) is 30.2 Å². The number of hydrogen-bond acceptors (Lipinski definition) is 6. The first-order valence-electron chi connectivity index (χ1n) is 8.57. The first-order valence-corrected chi connectivity index (χ1v) is 9.55. The average Bonchev–Trinajstić information content (AvgIpc) is 2.95. The molecule has 7 nitrogen and oxygen atoms in total. The number of fused-ring (bicyclic) bond motifs is 1. The molecule has 0 aromatic heterocycles. The van der Waals surface area contributed by atoms with Gasteiger partial charge in [-0.3, -0.25) is 14.9 Å². The Hall–Kier alpha value is -2.35. The first-order chi connectivity index (χ1) is 12.5. The molecule has 3 rings (SSSR count). The number of rotatable bonds is 7. The van der Waals surface area contributed by atoms with Gasteiger partial charge in [0, 0.05) is 23.5 Å². The fourth-order valence-corrected chi connectivity index (χ4v) is 4.38. The lowest BCUT2D eigenvalue weighted by Gasteiger charge is -2.43. The van der Waals surface area contributed by atoms with Crippen LogP contribution in [-0.2, 0) is 20.9 Å². The normalized spacial score (nSPS) is 21.5. The van der Waals surface area contributed by atoms with E-state index in [9.17, 15) is 19.7 Å². The number of non-ortho nitro benzene ring substituents is 1. The van der Waals surface area contributed by atoms with Crippen molar-refractivity contribution in [1.82, 2.24) is 4.90 Å². The van der Waals surface area contributed by atoms with Crippen molar-refractivity contribution in [2.45, 2.75) is 39.3 Å². The number of nitro benzene ring substituents is 1. The minimum atomic E-state index is -0.510. The summed E-state index contributed by atoms with van der Waals surface area (Å²) in [6, 6.07) is 5.93. The second-order valence-corrected chi connectivity index (χ2v) is 7.56. The van der Waals surface area contributed by atoms with Gasteiger partial charge in [0.2, 0.25) is 5.91 Å². The first kappa shape index (κ1) is 18.4. The summed E-state index contributed by atoms with van der Waals surface area (Å²) in [6.07, 6.45) is 1.49. The van der Waals surface area contributed by atoms with Gasteiger partial charge >= 0.3 is 5.97 Å². The number of nitrogens with zero attached hydrogens (tertiary/aromatic N) is 2. The Balaban J connectivity index is 1.70. The average molecular weight is 376 g/mol. The SMILES string of the molecule is CCSC1=C(C(=O)OCc2ccc([N+](=O)[O-])cc2)N2C(=O)[C@H](CC)C2C1. The van der Waals surface area contributed by atoms with Crippen LogP contribution in [0.15, 0.2) is 34.9 Å². The van der Waals surface area contributed by atoms with E-state index in [0.29, 0.717) is 17.7 Å². The highest BCUT2D eigenvalue weighted by Gasteiger charge is 2.54. The number of nitro groups is 1. The molecule has 2 aliphatic heterocycles. The number of benzene rings is 1. The van der Waals surface area contributed by atoms with Crippen molar-refractivity contribution in [2.24, 2.45) is 5.92 Å². The molecule has 1 amide bonds. The van der Waals surface area contributed by atoms with Gasteiger partial charge in [0.1, 0.15) is 12.3 Å². The van der Waals surface area contributed by atoms with Crippen LogP contribution in [0.2, 0.25) is 0 Å². The molecule has 1 aromatic carbocycles. The standard InChI is InChI=1S/C18H20N2O5S/c1-3-13-14-9-15(26-4-2)16(19(14)17(13)21)18(22)25-10-11-5-7-12(8-6-11)20(23)24/h5-8,13-14H,3-4,9-10H2,1-2H3/t13-,14?/m1/s1. The van der Waals surface area contributed by atoms with Gasteiger partial charge < -0.3 is 9.64 Å². The van der Waals surface area contributed by atoms with Crippen LogP contribution in [0.1, 0.15) is 32.3 Å². The molecule has 0 saturated carbocycles. The third kappa shape index (κ3) is 3.21. The Morgan fingerprint density at radius 1 is 1.35 bits per heavy atom. The summed E-state index contributed by atoms with van der Waals surface area (Å²) < 4.78 is 5.38. The fourth-order valence-electron chi connectivity index (χ4n) is 3.43. The molecule has 1 aromatic rings. The number of hydrogen-bond donors (Lipinski definition) is 0. The molecule has 2 aliphatic rings. The summed E-state index contributed by atoms with van der Waals surface area (Å²) in [4.78, 5) is 37.6.